The summed E-state index contributed by atoms with van der Waals surface area (Å²) in [6.45, 7) is 0.0879. The number of halogens is 7. The fraction of sp³-hybridized carbons (Fsp3) is 0.297. The van der Waals surface area contributed by atoms with Gasteiger partial charge in [0.15, 0.2) is 0 Å². The maximum atomic E-state index is 12.2. The number of hydrogen-bond acceptors (Lipinski definition) is 4. The molecule has 4 aromatic rings. The van der Waals surface area contributed by atoms with Gasteiger partial charge < -0.3 is 16.0 Å². The maximum Gasteiger partial charge on any atom is 0.405 e. The molecule has 4 aromatic carbocycles. The fourth-order valence-electron chi connectivity index (χ4n) is 4.10. The van der Waals surface area contributed by atoms with Gasteiger partial charge in [0.05, 0.1) is 6.54 Å². The predicted molar refractivity (Wildman–Crippen MR) is 186 cm³/mol. The molecule has 3 N–H and O–H groups in total. The van der Waals surface area contributed by atoms with Crippen LogP contribution in [0.4, 0.5) is 26.3 Å². The Morgan fingerprint density at radius 1 is 0.540 bits per heavy atom. The summed E-state index contributed by atoms with van der Waals surface area (Å²) in [4.78, 5) is 23.8. The minimum atomic E-state index is -4.40. The van der Waals surface area contributed by atoms with Crippen molar-refractivity contribution in [1.82, 2.24) is 20.9 Å². The first-order chi connectivity index (χ1) is 23.3. The SMILES string of the molecule is C.O=C(CCl)NCC(F)(F)F.O=C(CN(Cc1ccccc1)Cc1ccccc1)NCC(F)(F)F.c1ccc(CNCc2ccccc2)cc1. The monoisotopic (exact) mass is 724 g/mol. The van der Waals surface area contributed by atoms with Crippen LogP contribution in [-0.4, -0.2) is 54.6 Å². The van der Waals surface area contributed by atoms with Crippen LogP contribution in [0, 0.1) is 0 Å². The van der Waals surface area contributed by atoms with Crippen molar-refractivity contribution in [2.75, 3.05) is 25.5 Å². The lowest BCUT2D eigenvalue weighted by molar-refractivity contribution is -0.139. The Morgan fingerprint density at radius 2 is 0.860 bits per heavy atom. The first kappa shape index (κ1) is 43.6. The van der Waals surface area contributed by atoms with Crippen LogP contribution < -0.4 is 16.0 Å². The third-order valence-corrected chi connectivity index (χ3v) is 6.55. The summed E-state index contributed by atoms with van der Waals surface area (Å²) in [5, 5.41) is 6.91. The van der Waals surface area contributed by atoms with Gasteiger partial charge in [0.1, 0.15) is 19.0 Å². The molecule has 0 aliphatic heterocycles. The summed E-state index contributed by atoms with van der Waals surface area (Å²) in [5.74, 6) is -1.91. The molecule has 0 bridgehead atoms. The number of rotatable bonds is 13. The van der Waals surface area contributed by atoms with Crippen LogP contribution in [0.25, 0.3) is 0 Å². The zero-order valence-electron chi connectivity index (χ0n) is 26.6. The topological polar surface area (TPSA) is 73.5 Å². The van der Waals surface area contributed by atoms with Gasteiger partial charge in [0.25, 0.3) is 0 Å². The van der Waals surface area contributed by atoms with Crippen LogP contribution in [0.3, 0.4) is 0 Å². The molecule has 0 saturated carbocycles. The van der Waals surface area contributed by atoms with Crippen molar-refractivity contribution >= 4 is 23.4 Å². The van der Waals surface area contributed by atoms with Crippen LogP contribution >= 0.6 is 11.6 Å². The Kier molecular flexibility index (Phi) is 20.8. The molecule has 0 unspecified atom stereocenters. The number of carbonyl (C=O) groups is 2. The highest BCUT2D eigenvalue weighted by Crippen LogP contribution is 2.14. The van der Waals surface area contributed by atoms with E-state index in [9.17, 15) is 35.9 Å². The van der Waals surface area contributed by atoms with Gasteiger partial charge in [-0.15, -0.1) is 11.6 Å². The first-order valence-electron chi connectivity index (χ1n) is 15.1. The normalized spacial score (nSPS) is 10.8. The molecule has 4 rings (SSSR count). The first-order valence-corrected chi connectivity index (χ1v) is 15.7. The molecule has 2 amide bonds. The minimum absolute atomic E-state index is 0. The van der Waals surface area contributed by atoms with Gasteiger partial charge in [0, 0.05) is 26.2 Å². The van der Waals surface area contributed by atoms with Crippen molar-refractivity contribution in [3.8, 4) is 0 Å². The molecule has 0 aromatic heterocycles. The van der Waals surface area contributed by atoms with Crippen molar-refractivity contribution < 1.29 is 35.9 Å². The van der Waals surface area contributed by atoms with Gasteiger partial charge in [-0.2, -0.15) is 26.3 Å². The largest absolute Gasteiger partial charge is 0.405 e. The van der Waals surface area contributed by atoms with Crippen LogP contribution in [0.2, 0.25) is 0 Å². The molecule has 6 nitrogen and oxygen atoms in total. The van der Waals surface area contributed by atoms with E-state index in [0.717, 1.165) is 24.2 Å². The number of nitrogens with zero attached hydrogens (tertiary/aromatic N) is 1. The Hall–Kier alpha value is -4.39. The van der Waals surface area contributed by atoms with E-state index in [-0.39, 0.29) is 14.0 Å². The molecule has 0 spiro atoms. The lowest BCUT2D eigenvalue weighted by Gasteiger charge is -2.22. The average molecular weight is 725 g/mol. The summed E-state index contributed by atoms with van der Waals surface area (Å²) in [7, 11) is 0. The second kappa shape index (κ2) is 23.9. The van der Waals surface area contributed by atoms with Crippen LogP contribution in [0.15, 0.2) is 121 Å². The highest BCUT2D eigenvalue weighted by Gasteiger charge is 2.28. The van der Waals surface area contributed by atoms with Gasteiger partial charge >= 0.3 is 12.4 Å². The summed E-state index contributed by atoms with van der Waals surface area (Å²) >= 11 is 4.90. The van der Waals surface area contributed by atoms with Crippen molar-refractivity contribution in [2.24, 2.45) is 0 Å². The maximum absolute atomic E-state index is 12.2. The lowest BCUT2D eigenvalue weighted by atomic mass is 10.1. The lowest BCUT2D eigenvalue weighted by Crippen LogP contribution is -2.40. The molecule has 0 fully saturated rings. The molecule has 0 radical (unpaired) electrons. The van der Waals surface area contributed by atoms with Gasteiger partial charge in [0.2, 0.25) is 11.8 Å². The Balaban J connectivity index is 0.000000411. The standard InChI is InChI=1S/C18H19F3N2O.C14H15N.C4H5ClF3NO.CH4/c19-18(20,21)14-22-17(24)13-23(11-15-7-3-1-4-8-15)12-16-9-5-2-6-10-16;1-3-7-13(8-4-1)11-15-12-14-9-5-2-6-10-14;5-1-3(10)9-2-4(6,7)8;/h1-10H,11-14H2,(H,22,24);1-10,15H,11-12H2;1-2H2,(H,9,10);1H4. The van der Waals surface area contributed by atoms with Gasteiger partial charge in [-0.25, -0.2) is 0 Å². The summed E-state index contributed by atoms with van der Waals surface area (Å²) in [6, 6.07) is 39.9. The number of hydrogen-bond donors (Lipinski definition) is 3. The van der Waals surface area contributed by atoms with Crippen molar-refractivity contribution in [1.29, 1.82) is 0 Å². The van der Waals surface area contributed by atoms with Crippen molar-refractivity contribution in [2.45, 2.75) is 46.0 Å². The zero-order valence-corrected chi connectivity index (χ0v) is 27.4. The molecular weight excluding hydrogens is 682 g/mol. The fourth-order valence-corrected chi connectivity index (χ4v) is 4.19. The molecule has 50 heavy (non-hydrogen) atoms. The molecule has 0 aliphatic rings. The van der Waals surface area contributed by atoms with E-state index in [0.29, 0.717) is 13.1 Å². The van der Waals surface area contributed by atoms with Gasteiger partial charge in [-0.3, -0.25) is 14.5 Å². The number of carbonyl (C=O) groups excluding carboxylic acids is 2. The molecule has 0 atom stereocenters. The van der Waals surface area contributed by atoms with E-state index in [1.54, 1.807) is 5.32 Å². The van der Waals surface area contributed by atoms with Crippen molar-refractivity contribution in [3.63, 3.8) is 0 Å². The number of alkyl halides is 7. The summed E-state index contributed by atoms with van der Waals surface area (Å²) < 4.78 is 70.5. The van der Waals surface area contributed by atoms with E-state index < -0.39 is 43.1 Å². The third-order valence-electron chi connectivity index (χ3n) is 6.30. The minimum Gasteiger partial charge on any atom is -0.346 e. The highest BCUT2D eigenvalue weighted by molar-refractivity contribution is 6.27. The molecule has 272 valence electrons. The second-order valence-corrected chi connectivity index (χ2v) is 10.9. The Bertz CT molecular complexity index is 1380. The molecule has 13 heteroatoms. The predicted octanol–water partition coefficient (Wildman–Crippen LogP) is 7.88. The molecule has 0 heterocycles. The van der Waals surface area contributed by atoms with Gasteiger partial charge in [-0.05, 0) is 22.3 Å². The Labute approximate surface area is 294 Å². The second-order valence-electron chi connectivity index (χ2n) is 10.6. The smallest absolute Gasteiger partial charge is 0.346 e. The van der Waals surface area contributed by atoms with E-state index in [1.807, 2.05) is 83.0 Å². The molecular formula is C37H43ClF6N4O2. The van der Waals surface area contributed by atoms with Crippen LogP contribution in [0.1, 0.15) is 29.7 Å². The third kappa shape index (κ3) is 22.3. The zero-order chi connectivity index (χ0) is 36.0. The van der Waals surface area contributed by atoms with Gasteiger partial charge in [-0.1, -0.05) is 129 Å². The Morgan fingerprint density at radius 3 is 1.18 bits per heavy atom. The van der Waals surface area contributed by atoms with Crippen LogP contribution in [0.5, 0.6) is 0 Å². The number of nitrogens with one attached hydrogen (secondary N) is 3. The molecule has 0 aliphatic carbocycles. The van der Waals surface area contributed by atoms with Crippen molar-refractivity contribution in [3.05, 3.63) is 144 Å². The van der Waals surface area contributed by atoms with E-state index in [4.69, 9.17) is 11.6 Å². The molecule has 0 saturated heterocycles. The van der Waals surface area contributed by atoms with E-state index >= 15 is 0 Å². The highest BCUT2D eigenvalue weighted by atomic mass is 35.5. The average Bonchev–Trinajstić information content (AvgIpc) is 3.08. The summed E-state index contributed by atoms with van der Waals surface area (Å²) in [6.07, 6.45) is -8.76. The van der Waals surface area contributed by atoms with E-state index in [1.165, 1.54) is 11.1 Å². The van der Waals surface area contributed by atoms with Crippen LogP contribution in [-0.2, 0) is 35.8 Å². The number of amides is 2. The summed E-state index contributed by atoms with van der Waals surface area (Å²) in [5.41, 5.74) is 4.65. The quantitative estimate of drug-likeness (QED) is 0.0970. The number of benzene rings is 4. The van der Waals surface area contributed by atoms with E-state index in [2.05, 4.69) is 53.8 Å².